The molecule has 0 saturated carbocycles. The lowest BCUT2D eigenvalue weighted by molar-refractivity contribution is 0.312. The largest absolute Gasteiger partial charge is 0.496 e. The number of H-pyrrole nitrogens is 1. The summed E-state index contributed by atoms with van der Waals surface area (Å²) < 4.78 is 11.4. The zero-order valence-electron chi connectivity index (χ0n) is 15.1. The highest BCUT2D eigenvalue weighted by Crippen LogP contribution is 2.38. The summed E-state index contributed by atoms with van der Waals surface area (Å²) >= 11 is 0. The lowest BCUT2D eigenvalue weighted by Crippen LogP contribution is -2.07. The summed E-state index contributed by atoms with van der Waals surface area (Å²) in [5.41, 5.74) is 13.4. The normalized spacial score (nSPS) is 10.6. The summed E-state index contributed by atoms with van der Waals surface area (Å²) in [5, 5.41) is 10.5. The van der Waals surface area contributed by atoms with Crippen LogP contribution in [-0.2, 0) is 6.54 Å². The Labute approximate surface area is 157 Å². The van der Waals surface area contributed by atoms with E-state index >= 15 is 0 Å². The molecule has 0 spiro atoms. The van der Waals surface area contributed by atoms with Crippen LogP contribution in [0.5, 0.6) is 11.5 Å². The maximum absolute atomic E-state index is 5.87. The van der Waals surface area contributed by atoms with Gasteiger partial charge in [0.25, 0.3) is 0 Å². The molecule has 2 heterocycles. The molecule has 0 radical (unpaired) electrons. The zero-order valence-corrected chi connectivity index (χ0v) is 15.1. The molecular weight excluding hydrogens is 346 g/mol. The van der Waals surface area contributed by atoms with Crippen molar-refractivity contribution in [2.24, 2.45) is 5.73 Å². The molecule has 3 aromatic rings. The Kier molecular flexibility index (Phi) is 6.06. The standard InChI is InChI=1S/C18H23N7O2/c1-26-14-4-2-5-15(27-7-3-6-19)18(14)13-8-17(25-24-13)23-10-12-9-22-16(20)11-21-12/h2,4-5,8-9,11H,3,6-7,10,19H2,1H3,(H2,20,22)(H2,23,24,25). The van der Waals surface area contributed by atoms with Gasteiger partial charge in [0.15, 0.2) is 0 Å². The number of rotatable bonds is 9. The molecule has 9 nitrogen and oxygen atoms in total. The summed E-state index contributed by atoms with van der Waals surface area (Å²) in [5.74, 6) is 2.46. The van der Waals surface area contributed by atoms with E-state index in [0.717, 1.165) is 23.4 Å². The Morgan fingerprint density at radius 1 is 1.19 bits per heavy atom. The number of aromatic amines is 1. The first-order chi connectivity index (χ1) is 13.2. The van der Waals surface area contributed by atoms with Crippen molar-refractivity contribution < 1.29 is 9.47 Å². The molecule has 0 aliphatic rings. The number of hydrogen-bond acceptors (Lipinski definition) is 8. The maximum Gasteiger partial charge on any atom is 0.148 e. The summed E-state index contributed by atoms with van der Waals surface area (Å²) in [6.07, 6.45) is 3.92. The highest BCUT2D eigenvalue weighted by Gasteiger charge is 2.15. The molecule has 0 aliphatic carbocycles. The SMILES string of the molecule is COc1cccc(OCCCN)c1-c1cc(NCc2cnc(N)cn2)n[nH]1. The van der Waals surface area contributed by atoms with Gasteiger partial charge in [-0.05, 0) is 25.1 Å². The number of nitrogens with two attached hydrogens (primary N) is 2. The Bertz CT molecular complexity index is 864. The van der Waals surface area contributed by atoms with E-state index in [1.54, 1.807) is 13.3 Å². The van der Waals surface area contributed by atoms with Gasteiger partial charge in [-0.15, -0.1) is 0 Å². The topological polar surface area (TPSA) is 137 Å². The molecular formula is C18H23N7O2. The van der Waals surface area contributed by atoms with Crippen molar-refractivity contribution >= 4 is 11.6 Å². The third kappa shape index (κ3) is 4.64. The van der Waals surface area contributed by atoms with Gasteiger partial charge in [-0.3, -0.25) is 10.1 Å². The molecule has 3 rings (SSSR count). The molecule has 1 aromatic carbocycles. The minimum Gasteiger partial charge on any atom is -0.496 e. The first kappa shape index (κ1) is 18.5. The third-order valence-corrected chi connectivity index (χ3v) is 3.84. The van der Waals surface area contributed by atoms with E-state index in [-0.39, 0.29) is 0 Å². The van der Waals surface area contributed by atoms with Gasteiger partial charge in [0.1, 0.15) is 23.1 Å². The van der Waals surface area contributed by atoms with Gasteiger partial charge in [0.2, 0.25) is 0 Å². The van der Waals surface area contributed by atoms with Crippen LogP contribution in [0.4, 0.5) is 11.6 Å². The fraction of sp³-hybridized carbons (Fsp3) is 0.278. The Morgan fingerprint density at radius 2 is 2.04 bits per heavy atom. The van der Waals surface area contributed by atoms with Gasteiger partial charge in [-0.1, -0.05) is 6.07 Å². The molecule has 0 unspecified atom stereocenters. The van der Waals surface area contributed by atoms with E-state index in [2.05, 4.69) is 25.5 Å². The second-order valence-electron chi connectivity index (χ2n) is 5.78. The van der Waals surface area contributed by atoms with E-state index in [1.165, 1.54) is 6.20 Å². The number of nitrogen functional groups attached to an aromatic ring is 1. The number of ether oxygens (including phenoxy) is 2. The molecule has 27 heavy (non-hydrogen) atoms. The van der Waals surface area contributed by atoms with Gasteiger partial charge in [0, 0.05) is 6.07 Å². The quantitative estimate of drug-likeness (QED) is 0.419. The minimum atomic E-state index is 0.388. The molecule has 0 saturated heterocycles. The highest BCUT2D eigenvalue weighted by molar-refractivity contribution is 5.75. The van der Waals surface area contributed by atoms with Crippen LogP contribution < -0.4 is 26.3 Å². The Hall–Kier alpha value is -3.33. The smallest absolute Gasteiger partial charge is 0.148 e. The van der Waals surface area contributed by atoms with Crippen LogP contribution in [0, 0.1) is 0 Å². The van der Waals surface area contributed by atoms with Gasteiger partial charge < -0.3 is 26.3 Å². The van der Waals surface area contributed by atoms with Crippen molar-refractivity contribution in [2.45, 2.75) is 13.0 Å². The number of methoxy groups -OCH3 is 1. The first-order valence-electron chi connectivity index (χ1n) is 8.57. The van der Waals surface area contributed by atoms with Crippen molar-refractivity contribution in [3.63, 3.8) is 0 Å². The Balaban J connectivity index is 1.77. The molecule has 2 aromatic heterocycles. The van der Waals surface area contributed by atoms with Gasteiger partial charge in [-0.25, -0.2) is 4.98 Å². The van der Waals surface area contributed by atoms with E-state index in [9.17, 15) is 0 Å². The van der Waals surface area contributed by atoms with Crippen molar-refractivity contribution in [3.8, 4) is 22.8 Å². The molecule has 0 atom stereocenters. The number of nitrogens with zero attached hydrogens (tertiary/aromatic N) is 3. The molecule has 9 heteroatoms. The number of benzene rings is 1. The number of nitrogens with one attached hydrogen (secondary N) is 2. The monoisotopic (exact) mass is 369 g/mol. The van der Waals surface area contributed by atoms with Crippen molar-refractivity contribution in [2.75, 3.05) is 31.3 Å². The predicted molar refractivity (Wildman–Crippen MR) is 104 cm³/mol. The molecule has 0 bridgehead atoms. The van der Waals surface area contributed by atoms with Crippen molar-refractivity contribution in [1.82, 2.24) is 20.2 Å². The number of aromatic nitrogens is 4. The highest BCUT2D eigenvalue weighted by atomic mass is 16.5. The lowest BCUT2D eigenvalue weighted by Gasteiger charge is -2.13. The van der Waals surface area contributed by atoms with Crippen LogP contribution in [-0.4, -0.2) is 40.4 Å². The average Bonchev–Trinajstić information content (AvgIpc) is 3.16. The van der Waals surface area contributed by atoms with Crippen molar-refractivity contribution in [1.29, 1.82) is 0 Å². The number of hydrogen-bond donors (Lipinski definition) is 4. The second kappa shape index (κ2) is 8.86. The third-order valence-electron chi connectivity index (χ3n) is 3.84. The van der Waals surface area contributed by atoms with Crippen LogP contribution in [0.25, 0.3) is 11.3 Å². The second-order valence-corrected chi connectivity index (χ2v) is 5.78. The zero-order chi connectivity index (χ0) is 19.1. The van der Waals surface area contributed by atoms with Crippen LogP contribution in [0.15, 0.2) is 36.7 Å². The summed E-state index contributed by atoms with van der Waals surface area (Å²) in [6.45, 7) is 1.58. The predicted octanol–water partition coefficient (Wildman–Crippen LogP) is 1.80. The van der Waals surface area contributed by atoms with Crippen LogP contribution >= 0.6 is 0 Å². The summed E-state index contributed by atoms with van der Waals surface area (Å²) in [6, 6.07) is 7.54. The van der Waals surface area contributed by atoms with Gasteiger partial charge in [-0.2, -0.15) is 5.10 Å². The average molecular weight is 369 g/mol. The van der Waals surface area contributed by atoms with Crippen LogP contribution in [0.2, 0.25) is 0 Å². The van der Waals surface area contributed by atoms with Crippen molar-refractivity contribution in [3.05, 3.63) is 42.4 Å². The van der Waals surface area contributed by atoms with E-state index < -0.39 is 0 Å². The lowest BCUT2D eigenvalue weighted by atomic mass is 10.1. The summed E-state index contributed by atoms with van der Waals surface area (Å²) in [7, 11) is 1.62. The molecule has 0 fully saturated rings. The molecule has 6 N–H and O–H groups in total. The molecule has 0 amide bonds. The Morgan fingerprint density at radius 3 is 2.78 bits per heavy atom. The van der Waals surface area contributed by atoms with Gasteiger partial charge >= 0.3 is 0 Å². The molecule has 0 aliphatic heterocycles. The van der Waals surface area contributed by atoms with Gasteiger partial charge in [0.05, 0.1) is 49.6 Å². The maximum atomic E-state index is 5.87. The van der Waals surface area contributed by atoms with E-state index in [4.69, 9.17) is 20.9 Å². The van der Waals surface area contributed by atoms with Crippen LogP contribution in [0.1, 0.15) is 12.1 Å². The minimum absolute atomic E-state index is 0.388. The summed E-state index contributed by atoms with van der Waals surface area (Å²) in [4.78, 5) is 8.22. The number of anilines is 2. The first-order valence-corrected chi connectivity index (χ1v) is 8.57. The van der Waals surface area contributed by atoms with Crippen LogP contribution in [0.3, 0.4) is 0 Å². The molecule has 142 valence electrons. The fourth-order valence-electron chi connectivity index (χ4n) is 2.51. The van der Waals surface area contributed by atoms with E-state index in [0.29, 0.717) is 42.8 Å². The fourth-order valence-corrected chi connectivity index (χ4v) is 2.51. The van der Waals surface area contributed by atoms with E-state index in [1.807, 2.05) is 24.3 Å².